The molecule has 0 aliphatic carbocycles. The molecule has 0 saturated carbocycles. The van der Waals surface area contributed by atoms with E-state index in [9.17, 15) is 4.79 Å². The highest BCUT2D eigenvalue weighted by Crippen LogP contribution is 2.10. The molecule has 74 valence electrons. The maximum Gasteiger partial charge on any atom is 0.302 e. The molecular formula is C11H11ClO2. The SMILES string of the molecule is CC(=O)OCC=Cc1ccc(Cl)cc1. The summed E-state index contributed by atoms with van der Waals surface area (Å²) in [5.41, 5.74) is 1.03. The lowest BCUT2D eigenvalue weighted by molar-refractivity contribution is -0.139. The summed E-state index contributed by atoms with van der Waals surface area (Å²) in [6.45, 7) is 1.69. The van der Waals surface area contributed by atoms with E-state index >= 15 is 0 Å². The molecule has 14 heavy (non-hydrogen) atoms. The van der Waals surface area contributed by atoms with Crippen LogP contribution in [0.3, 0.4) is 0 Å². The van der Waals surface area contributed by atoms with E-state index in [2.05, 4.69) is 0 Å². The molecule has 0 bridgehead atoms. The Morgan fingerprint density at radius 3 is 2.64 bits per heavy atom. The second-order valence-corrected chi connectivity index (χ2v) is 3.19. The minimum atomic E-state index is -0.272. The summed E-state index contributed by atoms with van der Waals surface area (Å²) in [7, 11) is 0. The summed E-state index contributed by atoms with van der Waals surface area (Å²) in [6.07, 6.45) is 3.66. The largest absolute Gasteiger partial charge is 0.462 e. The number of carbonyl (C=O) groups is 1. The van der Waals surface area contributed by atoms with Gasteiger partial charge in [0.05, 0.1) is 0 Å². The third-order valence-electron chi connectivity index (χ3n) is 1.56. The van der Waals surface area contributed by atoms with Gasteiger partial charge in [-0.15, -0.1) is 0 Å². The van der Waals surface area contributed by atoms with Crippen LogP contribution < -0.4 is 0 Å². The summed E-state index contributed by atoms with van der Waals surface area (Å²) in [6, 6.07) is 7.42. The third kappa shape index (κ3) is 4.10. The van der Waals surface area contributed by atoms with Gasteiger partial charge in [0.25, 0.3) is 0 Å². The van der Waals surface area contributed by atoms with Crippen LogP contribution in [-0.4, -0.2) is 12.6 Å². The standard InChI is InChI=1S/C11H11ClO2/c1-9(13)14-8-2-3-10-4-6-11(12)7-5-10/h2-7H,8H2,1H3. The van der Waals surface area contributed by atoms with Crippen LogP contribution in [0.1, 0.15) is 12.5 Å². The minimum Gasteiger partial charge on any atom is -0.462 e. The molecule has 0 N–H and O–H groups in total. The van der Waals surface area contributed by atoms with Crippen LogP contribution in [-0.2, 0) is 9.53 Å². The lowest BCUT2D eigenvalue weighted by Crippen LogP contribution is -1.97. The highest BCUT2D eigenvalue weighted by molar-refractivity contribution is 6.30. The molecule has 0 atom stereocenters. The molecule has 0 amide bonds. The van der Waals surface area contributed by atoms with E-state index in [0.29, 0.717) is 11.6 Å². The molecule has 1 aromatic rings. The molecule has 0 aliphatic heterocycles. The Kier molecular flexibility index (Phi) is 4.20. The smallest absolute Gasteiger partial charge is 0.302 e. The Hall–Kier alpha value is -1.28. The van der Waals surface area contributed by atoms with Crippen LogP contribution in [0.4, 0.5) is 0 Å². The zero-order chi connectivity index (χ0) is 10.4. The van der Waals surface area contributed by atoms with Crippen molar-refractivity contribution in [3.8, 4) is 0 Å². The summed E-state index contributed by atoms with van der Waals surface area (Å²) in [5.74, 6) is -0.272. The van der Waals surface area contributed by atoms with E-state index in [4.69, 9.17) is 16.3 Å². The van der Waals surface area contributed by atoms with Gasteiger partial charge in [-0.05, 0) is 23.8 Å². The first-order valence-corrected chi connectivity index (χ1v) is 4.62. The average Bonchev–Trinajstić information content (AvgIpc) is 2.15. The van der Waals surface area contributed by atoms with Crippen molar-refractivity contribution < 1.29 is 9.53 Å². The van der Waals surface area contributed by atoms with Gasteiger partial charge in [-0.1, -0.05) is 29.8 Å². The quantitative estimate of drug-likeness (QED) is 0.718. The number of rotatable bonds is 3. The predicted octanol–water partition coefficient (Wildman–Crippen LogP) is 2.92. The van der Waals surface area contributed by atoms with E-state index in [1.54, 1.807) is 6.08 Å². The molecule has 1 rings (SSSR count). The van der Waals surface area contributed by atoms with Crippen molar-refractivity contribution in [3.63, 3.8) is 0 Å². The van der Waals surface area contributed by atoms with Crippen LogP contribution >= 0.6 is 11.6 Å². The maximum atomic E-state index is 10.4. The van der Waals surface area contributed by atoms with Crippen LogP contribution in [0, 0.1) is 0 Å². The van der Waals surface area contributed by atoms with Crippen molar-refractivity contribution in [1.82, 2.24) is 0 Å². The van der Waals surface area contributed by atoms with Gasteiger partial charge < -0.3 is 4.74 Å². The first-order chi connectivity index (χ1) is 6.68. The number of hydrogen-bond acceptors (Lipinski definition) is 2. The van der Waals surface area contributed by atoms with E-state index < -0.39 is 0 Å². The maximum absolute atomic E-state index is 10.4. The molecule has 3 heteroatoms. The minimum absolute atomic E-state index is 0.272. The van der Waals surface area contributed by atoms with Gasteiger partial charge in [0, 0.05) is 11.9 Å². The monoisotopic (exact) mass is 210 g/mol. The van der Waals surface area contributed by atoms with Gasteiger partial charge >= 0.3 is 5.97 Å². The molecular weight excluding hydrogens is 200 g/mol. The molecule has 0 unspecified atom stereocenters. The molecule has 0 saturated heterocycles. The summed E-state index contributed by atoms with van der Waals surface area (Å²) < 4.78 is 4.74. The second-order valence-electron chi connectivity index (χ2n) is 2.76. The van der Waals surface area contributed by atoms with E-state index in [-0.39, 0.29) is 5.97 Å². The van der Waals surface area contributed by atoms with Crippen LogP contribution in [0.15, 0.2) is 30.3 Å². The highest BCUT2D eigenvalue weighted by atomic mass is 35.5. The lowest BCUT2D eigenvalue weighted by atomic mass is 10.2. The molecule has 1 aromatic carbocycles. The van der Waals surface area contributed by atoms with Gasteiger partial charge in [-0.3, -0.25) is 4.79 Å². The zero-order valence-electron chi connectivity index (χ0n) is 7.87. The number of hydrogen-bond donors (Lipinski definition) is 0. The first-order valence-electron chi connectivity index (χ1n) is 4.24. The first kappa shape index (κ1) is 10.8. The van der Waals surface area contributed by atoms with E-state index in [1.807, 2.05) is 30.3 Å². The number of halogens is 1. The van der Waals surface area contributed by atoms with Crippen molar-refractivity contribution >= 4 is 23.6 Å². The number of carbonyl (C=O) groups excluding carboxylic acids is 1. The Morgan fingerprint density at radius 1 is 1.43 bits per heavy atom. The van der Waals surface area contributed by atoms with Gasteiger partial charge in [0.1, 0.15) is 6.61 Å². The molecule has 0 spiro atoms. The van der Waals surface area contributed by atoms with Crippen LogP contribution in [0.25, 0.3) is 6.08 Å². The molecule has 0 radical (unpaired) electrons. The molecule has 0 heterocycles. The molecule has 0 fully saturated rings. The van der Waals surface area contributed by atoms with Crippen LogP contribution in [0.5, 0.6) is 0 Å². The van der Waals surface area contributed by atoms with E-state index in [1.165, 1.54) is 6.92 Å². The third-order valence-corrected chi connectivity index (χ3v) is 1.82. The van der Waals surface area contributed by atoms with Gasteiger partial charge in [0.2, 0.25) is 0 Å². The lowest BCUT2D eigenvalue weighted by Gasteiger charge is -1.95. The van der Waals surface area contributed by atoms with Gasteiger partial charge in [0.15, 0.2) is 0 Å². The zero-order valence-corrected chi connectivity index (χ0v) is 8.62. The van der Waals surface area contributed by atoms with Gasteiger partial charge in [-0.2, -0.15) is 0 Å². The number of benzene rings is 1. The fraction of sp³-hybridized carbons (Fsp3) is 0.182. The topological polar surface area (TPSA) is 26.3 Å². The summed E-state index contributed by atoms with van der Waals surface area (Å²) in [4.78, 5) is 10.4. The van der Waals surface area contributed by atoms with Crippen molar-refractivity contribution in [2.24, 2.45) is 0 Å². The van der Waals surface area contributed by atoms with Gasteiger partial charge in [-0.25, -0.2) is 0 Å². The second kappa shape index (κ2) is 5.45. The Labute approximate surface area is 88.1 Å². The molecule has 2 nitrogen and oxygen atoms in total. The van der Waals surface area contributed by atoms with Crippen molar-refractivity contribution in [2.45, 2.75) is 6.92 Å². The highest BCUT2D eigenvalue weighted by Gasteiger charge is 1.89. The Bertz CT molecular complexity index is 328. The van der Waals surface area contributed by atoms with Crippen molar-refractivity contribution in [2.75, 3.05) is 6.61 Å². The Balaban J connectivity index is 2.44. The number of ether oxygens (including phenoxy) is 1. The fourth-order valence-electron chi connectivity index (χ4n) is 0.924. The number of esters is 1. The molecule has 0 aromatic heterocycles. The molecule has 0 aliphatic rings. The predicted molar refractivity (Wildman–Crippen MR) is 57.1 cm³/mol. The normalized spacial score (nSPS) is 10.4. The van der Waals surface area contributed by atoms with E-state index in [0.717, 1.165) is 5.56 Å². The summed E-state index contributed by atoms with van der Waals surface area (Å²) in [5, 5.41) is 0.710. The average molecular weight is 211 g/mol. The van der Waals surface area contributed by atoms with Crippen LogP contribution in [0.2, 0.25) is 5.02 Å². The fourth-order valence-corrected chi connectivity index (χ4v) is 1.05. The Morgan fingerprint density at radius 2 is 2.07 bits per heavy atom. The van der Waals surface area contributed by atoms with Crippen molar-refractivity contribution in [3.05, 3.63) is 40.9 Å². The summed E-state index contributed by atoms with van der Waals surface area (Å²) >= 11 is 5.72. The van der Waals surface area contributed by atoms with Crippen molar-refractivity contribution in [1.29, 1.82) is 0 Å².